The van der Waals surface area contributed by atoms with Gasteiger partial charge in [0.1, 0.15) is 0 Å². The standard InChI is InChI=1S/C10H19N3O/c1-3-5-12-6-7-13(10(12)14)8-9(11)4-2/h6-7,9H,3-5,8,11H2,1-2H3. The van der Waals surface area contributed by atoms with E-state index >= 15 is 0 Å². The molecular formula is C10H19N3O. The molecule has 0 aliphatic carbocycles. The van der Waals surface area contributed by atoms with Crippen LogP contribution in [0.15, 0.2) is 17.2 Å². The van der Waals surface area contributed by atoms with Gasteiger partial charge in [0.05, 0.1) is 0 Å². The molecule has 0 bridgehead atoms. The van der Waals surface area contributed by atoms with Crippen LogP contribution in [-0.2, 0) is 13.1 Å². The van der Waals surface area contributed by atoms with Gasteiger partial charge in [-0.3, -0.25) is 9.13 Å². The molecule has 80 valence electrons. The molecule has 1 aromatic heterocycles. The van der Waals surface area contributed by atoms with E-state index in [1.807, 2.05) is 19.3 Å². The van der Waals surface area contributed by atoms with Crippen molar-refractivity contribution in [3.8, 4) is 0 Å². The second-order valence-electron chi connectivity index (χ2n) is 3.59. The highest BCUT2D eigenvalue weighted by Gasteiger charge is 2.05. The molecule has 0 aromatic carbocycles. The topological polar surface area (TPSA) is 52.9 Å². The van der Waals surface area contributed by atoms with E-state index < -0.39 is 0 Å². The Morgan fingerprint density at radius 2 is 2.00 bits per heavy atom. The first kappa shape index (κ1) is 11.0. The lowest BCUT2D eigenvalue weighted by molar-refractivity contribution is 0.514. The number of aryl methyl sites for hydroxylation is 1. The quantitative estimate of drug-likeness (QED) is 0.759. The van der Waals surface area contributed by atoms with Crippen LogP contribution in [0.25, 0.3) is 0 Å². The molecule has 0 saturated heterocycles. The molecule has 1 heterocycles. The summed E-state index contributed by atoms with van der Waals surface area (Å²) in [6.07, 6.45) is 5.51. The van der Waals surface area contributed by atoms with Gasteiger partial charge < -0.3 is 5.73 Å². The average Bonchev–Trinajstić information content (AvgIpc) is 2.50. The molecule has 14 heavy (non-hydrogen) atoms. The number of imidazole rings is 1. The van der Waals surface area contributed by atoms with Crippen LogP contribution in [0.4, 0.5) is 0 Å². The van der Waals surface area contributed by atoms with Gasteiger partial charge in [0.2, 0.25) is 0 Å². The van der Waals surface area contributed by atoms with Gasteiger partial charge in [-0.2, -0.15) is 0 Å². The number of aromatic nitrogens is 2. The van der Waals surface area contributed by atoms with Crippen LogP contribution in [-0.4, -0.2) is 15.2 Å². The second-order valence-corrected chi connectivity index (χ2v) is 3.59. The summed E-state index contributed by atoms with van der Waals surface area (Å²) in [6.45, 7) is 5.49. The molecule has 0 saturated carbocycles. The zero-order chi connectivity index (χ0) is 10.6. The Balaban J connectivity index is 2.74. The lowest BCUT2D eigenvalue weighted by Gasteiger charge is -2.07. The summed E-state index contributed by atoms with van der Waals surface area (Å²) in [7, 11) is 0. The SMILES string of the molecule is CCCn1ccn(CC(N)CC)c1=O. The second kappa shape index (κ2) is 5.00. The van der Waals surface area contributed by atoms with Crippen molar-refractivity contribution in [3.05, 3.63) is 22.9 Å². The number of nitrogens with two attached hydrogens (primary N) is 1. The molecule has 4 heteroatoms. The van der Waals surface area contributed by atoms with Crippen LogP contribution in [0.2, 0.25) is 0 Å². The van der Waals surface area contributed by atoms with E-state index in [2.05, 4.69) is 6.92 Å². The molecule has 0 radical (unpaired) electrons. The van der Waals surface area contributed by atoms with Gasteiger partial charge in [-0.1, -0.05) is 13.8 Å². The Morgan fingerprint density at radius 3 is 2.57 bits per heavy atom. The van der Waals surface area contributed by atoms with Crippen LogP contribution in [0, 0.1) is 0 Å². The first-order valence-corrected chi connectivity index (χ1v) is 5.20. The minimum absolute atomic E-state index is 0.0516. The first-order chi connectivity index (χ1) is 6.69. The Bertz CT molecular complexity index is 326. The monoisotopic (exact) mass is 197 g/mol. The Kier molecular flexibility index (Phi) is 3.95. The fraction of sp³-hybridized carbons (Fsp3) is 0.700. The number of hydrogen-bond donors (Lipinski definition) is 1. The predicted octanol–water partition coefficient (Wildman–Crippen LogP) is 0.797. The van der Waals surface area contributed by atoms with Gasteiger partial charge >= 0.3 is 5.69 Å². The zero-order valence-electron chi connectivity index (χ0n) is 8.94. The summed E-state index contributed by atoms with van der Waals surface area (Å²) in [4.78, 5) is 11.7. The van der Waals surface area contributed by atoms with E-state index in [0.717, 1.165) is 19.4 Å². The van der Waals surface area contributed by atoms with E-state index in [9.17, 15) is 4.79 Å². The third-order valence-corrected chi connectivity index (χ3v) is 2.34. The summed E-state index contributed by atoms with van der Waals surface area (Å²) in [5.41, 5.74) is 5.84. The smallest absolute Gasteiger partial charge is 0.326 e. The molecule has 1 aromatic rings. The van der Waals surface area contributed by atoms with E-state index in [1.165, 1.54) is 0 Å². The molecule has 0 spiro atoms. The van der Waals surface area contributed by atoms with Crippen molar-refractivity contribution in [1.82, 2.24) is 9.13 Å². The summed E-state index contributed by atoms with van der Waals surface area (Å²) in [5, 5.41) is 0. The summed E-state index contributed by atoms with van der Waals surface area (Å²) in [6, 6.07) is 0.0742. The molecule has 1 rings (SSSR count). The van der Waals surface area contributed by atoms with E-state index in [4.69, 9.17) is 5.73 Å². The predicted molar refractivity (Wildman–Crippen MR) is 57.2 cm³/mol. The highest BCUT2D eigenvalue weighted by atomic mass is 16.1. The van der Waals surface area contributed by atoms with Gasteiger partial charge in [0.15, 0.2) is 0 Å². The normalized spacial score (nSPS) is 13.1. The Morgan fingerprint density at radius 1 is 1.36 bits per heavy atom. The maximum Gasteiger partial charge on any atom is 0.328 e. The number of rotatable bonds is 5. The third-order valence-electron chi connectivity index (χ3n) is 2.34. The molecule has 0 amide bonds. The van der Waals surface area contributed by atoms with Crippen molar-refractivity contribution in [2.75, 3.05) is 0 Å². The van der Waals surface area contributed by atoms with Crippen LogP contribution >= 0.6 is 0 Å². The van der Waals surface area contributed by atoms with Gasteiger partial charge in [-0.15, -0.1) is 0 Å². The van der Waals surface area contributed by atoms with Crippen LogP contribution in [0.5, 0.6) is 0 Å². The van der Waals surface area contributed by atoms with E-state index in [0.29, 0.717) is 6.54 Å². The summed E-state index contributed by atoms with van der Waals surface area (Å²) in [5.74, 6) is 0. The highest BCUT2D eigenvalue weighted by Crippen LogP contribution is 1.93. The maximum absolute atomic E-state index is 11.7. The van der Waals surface area contributed by atoms with Crippen LogP contribution in [0.3, 0.4) is 0 Å². The number of hydrogen-bond acceptors (Lipinski definition) is 2. The van der Waals surface area contributed by atoms with Crippen molar-refractivity contribution in [2.45, 2.75) is 45.8 Å². The molecule has 0 aliphatic rings. The Hall–Kier alpha value is -1.03. The summed E-state index contributed by atoms with van der Waals surface area (Å²) >= 11 is 0. The van der Waals surface area contributed by atoms with Gasteiger partial charge in [0.25, 0.3) is 0 Å². The molecule has 0 aliphatic heterocycles. The fourth-order valence-electron chi connectivity index (χ4n) is 1.39. The summed E-state index contributed by atoms with van der Waals surface area (Å²) < 4.78 is 3.41. The molecule has 1 atom stereocenters. The minimum Gasteiger partial charge on any atom is -0.326 e. The minimum atomic E-state index is 0.0516. The van der Waals surface area contributed by atoms with Crippen molar-refractivity contribution < 1.29 is 0 Å². The van der Waals surface area contributed by atoms with E-state index in [-0.39, 0.29) is 11.7 Å². The average molecular weight is 197 g/mol. The van der Waals surface area contributed by atoms with Crippen LogP contribution < -0.4 is 11.4 Å². The lowest BCUT2D eigenvalue weighted by Crippen LogP contribution is -2.32. The van der Waals surface area contributed by atoms with Crippen LogP contribution in [0.1, 0.15) is 26.7 Å². The largest absolute Gasteiger partial charge is 0.328 e. The highest BCUT2D eigenvalue weighted by molar-refractivity contribution is 4.82. The molecule has 2 N–H and O–H groups in total. The maximum atomic E-state index is 11.7. The van der Waals surface area contributed by atoms with Crippen molar-refractivity contribution >= 4 is 0 Å². The first-order valence-electron chi connectivity index (χ1n) is 5.20. The molecule has 1 unspecified atom stereocenters. The van der Waals surface area contributed by atoms with E-state index in [1.54, 1.807) is 9.13 Å². The van der Waals surface area contributed by atoms with Gasteiger partial charge in [-0.05, 0) is 12.8 Å². The van der Waals surface area contributed by atoms with Gasteiger partial charge in [0, 0.05) is 31.5 Å². The zero-order valence-corrected chi connectivity index (χ0v) is 8.94. The van der Waals surface area contributed by atoms with Crippen molar-refractivity contribution in [1.29, 1.82) is 0 Å². The third kappa shape index (κ3) is 2.48. The Labute approximate surface area is 84.3 Å². The lowest BCUT2D eigenvalue weighted by atomic mass is 10.2. The molecule has 0 fully saturated rings. The van der Waals surface area contributed by atoms with Crippen molar-refractivity contribution in [3.63, 3.8) is 0 Å². The van der Waals surface area contributed by atoms with Gasteiger partial charge in [-0.25, -0.2) is 4.79 Å². The molecular weight excluding hydrogens is 178 g/mol. The fourth-order valence-corrected chi connectivity index (χ4v) is 1.39. The molecule has 4 nitrogen and oxygen atoms in total. The number of nitrogens with zero attached hydrogens (tertiary/aromatic N) is 2. The van der Waals surface area contributed by atoms with Crippen molar-refractivity contribution in [2.24, 2.45) is 5.73 Å².